The molecule has 0 aliphatic heterocycles. The molecule has 122 valence electrons. The summed E-state index contributed by atoms with van der Waals surface area (Å²) in [6.07, 6.45) is 3.54. The predicted octanol–water partition coefficient (Wildman–Crippen LogP) is 4.90. The first kappa shape index (κ1) is 16.7. The molecule has 0 bridgehead atoms. The maximum absolute atomic E-state index is 13.1. The van der Waals surface area contributed by atoms with Crippen molar-refractivity contribution in [3.8, 4) is 11.1 Å². The Morgan fingerprint density at radius 1 is 1.25 bits per heavy atom. The average molecular weight is 355 g/mol. The van der Waals surface area contributed by atoms with Crippen LogP contribution in [0.2, 0.25) is 0 Å². The quantitative estimate of drug-likeness (QED) is 0.359. The molecule has 3 nitrogen and oxygen atoms in total. The number of hydrogen-bond acceptors (Lipinski definition) is 4. The Hall–Kier alpha value is -2.11. The molecule has 0 unspecified atom stereocenters. The van der Waals surface area contributed by atoms with Crippen molar-refractivity contribution in [1.82, 2.24) is 9.55 Å². The fourth-order valence-electron chi connectivity index (χ4n) is 2.49. The lowest BCUT2D eigenvalue weighted by Crippen LogP contribution is -2.22. The molecule has 0 amide bonds. The van der Waals surface area contributed by atoms with Crippen molar-refractivity contribution in [2.24, 2.45) is 0 Å². The van der Waals surface area contributed by atoms with E-state index in [1.54, 1.807) is 10.6 Å². The summed E-state index contributed by atoms with van der Waals surface area (Å²) >= 11 is 3.03. The largest absolute Gasteiger partial charge is 0.283 e. The van der Waals surface area contributed by atoms with Crippen LogP contribution in [0.5, 0.6) is 0 Å². The van der Waals surface area contributed by atoms with Gasteiger partial charge in [-0.15, -0.1) is 24.5 Å². The summed E-state index contributed by atoms with van der Waals surface area (Å²) in [6, 6.07) is 8.22. The zero-order valence-electron chi connectivity index (χ0n) is 13.5. The van der Waals surface area contributed by atoms with Gasteiger partial charge in [-0.3, -0.25) is 9.36 Å². The fraction of sp³-hybridized carbons (Fsp3) is 0.158. The molecule has 3 rings (SSSR count). The zero-order valence-corrected chi connectivity index (χ0v) is 15.1. The molecule has 3 aromatic rings. The Balaban J connectivity index is 2.22. The van der Waals surface area contributed by atoms with Gasteiger partial charge in [0.2, 0.25) is 0 Å². The molecule has 0 aliphatic carbocycles. The van der Waals surface area contributed by atoms with Gasteiger partial charge in [0.25, 0.3) is 5.56 Å². The lowest BCUT2D eigenvalue weighted by atomic mass is 10.1. The maximum Gasteiger partial charge on any atom is 0.263 e. The second-order valence-electron chi connectivity index (χ2n) is 5.39. The molecule has 2 aromatic heterocycles. The average Bonchev–Trinajstić information content (AvgIpc) is 3.00. The van der Waals surface area contributed by atoms with E-state index in [1.807, 2.05) is 11.5 Å². The van der Waals surface area contributed by atoms with Crippen molar-refractivity contribution in [1.29, 1.82) is 0 Å². The normalized spacial score (nSPS) is 10.9. The van der Waals surface area contributed by atoms with Crippen LogP contribution in [0.25, 0.3) is 21.3 Å². The van der Waals surface area contributed by atoms with E-state index in [1.165, 1.54) is 28.7 Å². The van der Waals surface area contributed by atoms with E-state index in [0.717, 1.165) is 16.0 Å². The monoisotopic (exact) mass is 354 g/mol. The molecular formula is C19H18N2OS2. The third kappa shape index (κ3) is 3.09. The van der Waals surface area contributed by atoms with Crippen LogP contribution in [-0.2, 0) is 6.54 Å². The molecule has 0 spiro atoms. The molecule has 0 aliphatic rings. The minimum absolute atomic E-state index is 0.0108. The summed E-state index contributed by atoms with van der Waals surface area (Å²) in [6.45, 7) is 10.00. The second-order valence-corrected chi connectivity index (χ2v) is 7.24. The number of allylic oxidation sites excluding steroid dienone is 1. The number of aromatic nitrogens is 2. The first-order valence-corrected chi connectivity index (χ1v) is 9.46. The van der Waals surface area contributed by atoms with Crippen LogP contribution in [-0.4, -0.2) is 15.3 Å². The second kappa shape index (κ2) is 7.20. The van der Waals surface area contributed by atoms with Crippen LogP contribution in [0, 0.1) is 6.92 Å². The minimum atomic E-state index is -0.0108. The van der Waals surface area contributed by atoms with Crippen LogP contribution in [0.15, 0.2) is 64.9 Å². The van der Waals surface area contributed by atoms with Gasteiger partial charge in [-0.25, -0.2) is 4.98 Å². The molecule has 0 N–H and O–H groups in total. The van der Waals surface area contributed by atoms with Crippen molar-refractivity contribution in [3.63, 3.8) is 0 Å². The van der Waals surface area contributed by atoms with Gasteiger partial charge in [-0.2, -0.15) is 0 Å². The fourth-order valence-corrected chi connectivity index (χ4v) is 4.22. The highest BCUT2D eigenvalue weighted by Crippen LogP contribution is 2.32. The highest BCUT2D eigenvalue weighted by Gasteiger charge is 2.16. The zero-order chi connectivity index (χ0) is 17.1. The molecule has 24 heavy (non-hydrogen) atoms. The number of aryl methyl sites for hydroxylation is 1. The van der Waals surface area contributed by atoms with Crippen LogP contribution in [0.3, 0.4) is 0 Å². The molecule has 0 radical (unpaired) electrons. The van der Waals surface area contributed by atoms with E-state index in [4.69, 9.17) is 4.98 Å². The number of fused-ring (bicyclic) bond motifs is 1. The molecule has 0 saturated carbocycles. The standard InChI is InChI=1S/C19H18N2OS2/c1-4-10-21-18(22)16-15(14-8-6-13(3)7-9-14)12-24-17(16)20-19(21)23-11-5-2/h4-9,12H,1-2,10-11H2,3H3. The molecule has 0 atom stereocenters. The van der Waals surface area contributed by atoms with Gasteiger partial charge in [-0.05, 0) is 12.5 Å². The topological polar surface area (TPSA) is 34.9 Å². The van der Waals surface area contributed by atoms with E-state index >= 15 is 0 Å². The highest BCUT2D eigenvalue weighted by molar-refractivity contribution is 7.99. The maximum atomic E-state index is 13.1. The number of benzene rings is 1. The van der Waals surface area contributed by atoms with Gasteiger partial charge >= 0.3 is 0 Å². The van der Waals surface area contributed by atoms with Gasteiger partial charge in [0.05, 0.1) is 5.39 Å². The number of thiophene rings is 1. The predicted molar refractivity (Wildman–Crippen MR) is 105 cm³/mol. The molecule has 0 fully saturated rings. The smallest absolute Gasteiger partial charge is 0.263 e. The SMILES string of the molecule is C=CCSc1nc2scc(-c3ccc(C)cc3)c2c(=O)n1CC=C. The Morgan fingerprint density at radius 2 is 2.00 bits per heavy atom. The summed E-state index contributed by atoms with van der Waals surface area (Å²) in [5.74, 6) is 0.714. The number of nitrogens with zero attached hydrogens (tertiary/aromatic N) is 2. The first-order valence-electron chi connectivity index (χ1n) is 7.59. The van der Waals surface area contributed by atoms with Gasteiger partial charge < -0.3 is 0 Å². The van der Waals surface area contributed by atoms with E-state index in [2.05, 4.69) is 44.3 Å². The molecule has 1 aromatic carbocycles. The van der Waals surface area contributed by atoms with Crippen LogP contribution < -0.4 is 5.56 Å². The minimum Gasteiger partial charge on any atom is -0.283 e. The van der Waals surface area contributed by atoms with Gasteiger partial charge in [-0.1, -0.05) is 53.7 Å². The number of thioether (sulfide) groups is 1. The highest BCUT2D eigenvalue weighted by atomic mass is 32.2. The number of rotatable bonds is 6. The summed E-state index contributed by atoms with van der Waals surface area (Å²) in [5.41, 5.74) is 3.18. The Labute approximate surface area is 149 Å². The lowest BCUT2D eigenvalue weighted by Gasteiger charge is -2.10. The molecule has 0 saturated heterocycles. The van der Waals surface area contributed by atoms with Gasteiger partial charge in [0.15, 0.2) is 5.16 Å². The van der Waals surface area contributed by atoms with Crippen LogP contribution in [0.1, 0.15) is 5.56 Å². The van der Waals surface area contributed by atoms with E-state index in [0.29, 0.717) is 22.8 Å². The Morgan fingerprint density at radius 3 is 2.67 bits per heavy atom. The lowest BCUT2D eigenvalue weighted by molar-refractivity contribution is 0.673. The summed E-state index contributed by atoms with van der Waals surface area (Å²) < 4.78 is 1.69. The van der Waals surface area contributed by atoms with E-state index in [-0.39, 0.29) is 5.56 Å². The van der Waals surface area contributed by atoms with Crippen molar-refractivity contribution in [3.05, 3.63) is 70.9 Å². The Bertz CT molecular complexity index is 952. The summed E-state index contributed by atoms with van der Waals surface area (Å²) in [7, 11) is 0. The summed E-state index contributed by atoms with van der Waals surface area (Å²) in [5, 5.41) is 3.42. The van der Waals surface area contributed by atoms with Crippen molar-refractivity contribution >= 4 is 33.3 Å². The van der Waals surface area contributed by atoms with Gasteiger partial charge in [0.1, 0.15) is 4.83 Å². The summed E-state index contributed by atoms with van der Waals surface area (Å²) in [4.78, 5) is 18.6. The van der Waals surface area contributed by atoms with E-state index in [9.17, 15) is 4.79 Å². The van der Waals surface area contributed by atoms with Crippen LogP contribution >= 0.6 is 23.1 Å². The Kier molecular flexibility index (Phi) is 5.02. The van der Waals surface area contributed by atoms with Crippen molar-refractivity contribution in [2.75, 3.05) is 5.75 Å². The van der Waals surface area contributed by atoms with E-state index < -0.39 is 0 Å². The van der Waals surface area contributed by atoms with Crippen molar-refractivity contribution < 1.29 is 0 Å². The van der Waals surface area contributed by atoms with Crippen molar-refractivity contribution in [2.45, 2.75) is 18.6 Å². The number of hydrogen-bond donors (Lipinski definition) is 0. The van der Waals surface area contributed by atoms with Gasteiger partial charge in [0, 0.05) is 23.2 Å². The molecular weight excluding hydrogens is 336 g/mol. The van der Waals surface area contributed by atoms with Crippen LogP contribution in [0.4, 0.5) is 0 Å². The molecule has 2 heterocycles. The first-order chi connectivity index (χ1) is 11.7. The third-order valence-corrected chi connectivity index (χ3v) is 5.51. The third-order valence-electron chi connectivity index (χ3n) is 3.66. The molecule has 5 heteroatoms.